The van der Waals surface area contributed by atoms with Gasteiger partial charge < -0.3 is 14.7 Å². The van der Waals surface area contributed by atoms with Crippen molar-refractivity contribution in [3.63, 3.8) is 0 Å². The first-order valence-corrected chi connectivity index (χ1v) is 6.68. The smallest absolute Gasteiger partial charge is 0.307 e. The number of rotatable bonds is 5. The Kier molecular flexibility index (Phi) is 4.56. The van der Waals surface area contributed by atoms with Gasteiger partial charge in [-0.1, -0.05) is 31.2 Å². The van der Waals surface area contributed by atoms with Crippen molar-refractivity contribution >= 4 is 5.97 Å². The maximum absolute atomic E-state index is 10.9. The van der Waals surface area contributed by atoms with Gasteiger partial charge in [0, 0.05) is 13.1 Å². The fourth-order valence-corrected chi connectivity index (χ4v) is 2.53. The van der Waals surface area contributed by atoms with E-state index in [9.17, 15) is 4.79 Å². The molecule has 0 radical (unpaired) electrons. The van der Waals surface area contributed by atoms with E-state index in [0.717, 1.165) is 19.6 Å². The molecule has 2 unspecified atom stereocenters. The summed E-state index contributed by atoms with van der Waals surface area (Å²) in [6, 6.07) is 8.33. The molecule has 1 aliphatic heterocycles. The number of likely N-dealkylation sites (N-methyl/N-ethyl adjacent to an activating group) is 1. The van der Waals surface area contributed by atoms with Gasteiger partial charge in [0.2, 0.25) is 0 Å². The number of nitrogens with zero attached hydrogens (tertiary/aromatic N) is 1. The first-order chi connectivity index (χ1) is 9.08. The van der Waals surface area contributed by atoms with E-state index >= 15 is 0 Å². The second-order valence-corrected chi connectivity index (χ2v) is 5.27. The lowest BCUT2D eigenvalue weighted by molar-refractivity contribution is -0.141. The number of benzene rings is 1. The number of carbonyl (C=O) groups is 1. The molecule has 104 valence electrons. The largest absolute Gasteiger partial charge is 0.481 e. The van der Waals surface area contributed by atoms with Gasteiger partial charge in [0.25, 0.3) is 0 Å². The van der Waals surface area contributed by atoms with Crippen LogP contribution in [0, 0.1) is 5.92 Å². The Morgan fingerprint density at radius 1 is 1.53 bits per heavy atom. The maximum atomic E-state index is 10.9. The van der Waals surface area contributed by atoms with Gasteiger partial charge in [0.05, 0.1) is 18.6 Å². The zero-order valence-electron chi connectivity index (χ0n) is 11.5. The van der Waals surface area contributed by atoms with Gasteiger partial charge in [-0.2, -0.15) is 0 Å². The van der Waals surface area contributed by atoms with Crippen LogP contribution in [-0.2, 0) is 16.0 Å². The summed E-state index contributed by atoms with van der Waals surface area (Å²) in [6.45, 7) is 3.74. The first-order valence-electron chi connectivity index (χ1n) is 6.68. The summed E-state index contributed by atoms with van der Waals surface area (Å²) in [6.07, 6.45) is 1.01. The SMILES string of the molecule is CC(CN(C)CC1OCCc2ccccc21)C(=O)O. The molecule has 2 rings (SSSR count). The van der Waals surface area contributed by atoms with Crippen LogP contribution in [-0.4, -0.2) is 42.7 Å². The number of aliphatic carboxylic acids is 1. The quantitative estimate of drug-likeness (QED) is 0.882. The molecule has 0 aliphatic carbocycles. The molecule has 4 heteroatoms. The molecule has 0 bridgehead atoms. The van der Waals surface area contributed by atoms with Crippen LogP contribution in [0.4, 0.5) is 0 Å². The lowest BCUT2D eigenvalue weighted by Crippen LogP contribution is -2.34. The van der Waals surface area contributed by atoms with Crippen LogP contribution in [0.15, 0.2) is 24.3 Å². The number of carboxylic acids is 1. The van der Waals surface area contributed by atoms with Crippen LogP contribution in [0.25, 0.3) is 0 Å². The second kappa shape index (κ2) is 6.17. The van der Waals surface area contributed by atoms with Gasteiger partial charge in [0.1, 0.15) is 0 Å². The van der Waals surface area contributed by atoms with Crippen LogP contribution in [0.2, 0.25) is 0 Å². The topological polar surface area (TPSA) is 49.8 Å². The standard InChI is InChI=1S/C15H21NO3/c1-11(15(17)18)9-16(2)10-14-13-6-4-3-5-12(13)7-8-19-14/h3-6,11,14H,7-10H2,1-2H3,(H,17,18). The lowest BCUT2D eigenvalue weighted by atomic mass is 9.97. The van der Waals surface area contributed by atoms with E-state index in [-0.39, 0.29) is 12.0 Å². The van der Waals surface area contributed by atoms with E-state index in [0.29, 0.717) is 6.54 Å². The van der Waals surface area contributed by atoms with Crippen molar-refractivity contribution < 1.29 is 14.6 Å². The monoisotopic (exact) mass is 263 g/mol. The van der Waals surface area contributed by atoms with E-state index in [4.69, 9.17) is 9.84 Å². The van der Waals surface area contributed by atoms with Gasteiger partial charge in [-0.25, -0.2) is 0 Å². The van der Waals surface area contributed by atoms with Crippen molar-refractivity contribution in [2.75, 3.05) is 26.7 Å². The van der Waals surface area contributed by atoms with E-state index in [1.807, 2.05) is 18.0 Å². The minimum atomic E-state index is -0.753. The third-order valence-electron chi connectivity index (χ3n) is 3.58. The zero-order chi connectivity index (χ0) is 13.8. The van der Waals surface area contributed by atoms with Crippen molar-refractivity contribution in [2.24, 2.45) is 5.92 Å². The molecule has 1 aliphatic rings. The van der Waals surface area contributed by atoms with Crippen LogP contribution in [0.3, 0.4) is 0 Å². The van der Waals surface area contributed by atoms with E-state index in [1.165, 1.54) is 11.1 Å². The predicted molar refractivity (Wildman–Crippen MR) is 73.1 cm³/mol. The Bertz CT molecular complexity index is 447. The molecular weight excluding hydrogens is 242 g/mol. The highest BCUT2D eigenvalue weighted by atomic mass is 16.5. The van der Waals surface area contributed by atoms with Crippen molar-refractivity contribution in [3.8, 4) is 0 Å². The van der Waals surface area contributed by atoms with Gasteiger partial charge in [0.15, 0.2) is 0 Å². The number of fused-ring (bicyclic) bond motifs is 1. The Hall–Kier alpha value is -1.39. The van der Waals surface area contributed by atoms with E-state index in [2.05, 4.69) is 18.2 Å². The summed E-state index contributed by atoms with van der Waals surface area (Å²) in [5.41, 5.74) is 2.59. The van der Waals surface area contributed by atoms with Gasteiger partial charge in [-0.05, 0) is 24.6 Å². The summed E-state index contributed by atoms with van der Waals surface area (Å²) < 4.78 is 5.83. The van der Waals surface area contributed by atoms with E-state index in [1.54, 1.807) is 6.92 Å². The highest BCUT2D eigenvalue weighted by Crippen LogP contribution is 2.27. The van der Waals surface area contributed by atoms with Crippen LogP contribution in [0.1, 0.15) is 24.2 Å². The third kappa shape index (κ3) is 3.55. The Morgan fingerprint density at radius 3 is 3.00 bits per heavy atom. The molecule has 1 N–H and O–H groups in total. The molecule has 19 heavy (non-hydrogen) atoms. The average Bonchev–Trinajstić information content (AvgIpc) is 2.39. The van der Waals surface area contributed by atoms with Crippen molar-refractivity contribution in [1.29, 1.82) is 0 Å². The van der Waals surface area contributed by atoms with Gasteiger partial charge >= 0.3 is 5.97 Å². The zero-order valence-corrected chi connectivity index (χ0v) is 11.5. The van der Waals surface area contributed by atoms with Crippen molar-refractivity contribution in [2.45, 2.75) is 19.4 Å². The van der Waals surface area contributed by atoms with Gasteiger partial charge in [-0.3, -0.25) is 4.79 Å². The third-order valence-corrected chi connectivity index (χ3v) is 3.58. The summed E-state index contributed by atoms with van der Waals surface area (Å²) >= 11 is 0. The minimum Gasteiger partial charge on any atom is -0.481 e. The molecule has 1 aromatic rings. The Balaban J connectivity index is 1.98. The summed E-state index contributed by atoms with van der Waals surface area (Å²) in [5.74, 6) is -1.11. The fraction of sp³-hybridized carbons (Fsp3) is 0.533. The van der Waals surface area contributed by atoms with E-state index < -0.39 is 5.97 Å². The van der Waals surface area contributed by atoms with Crippen LogP contribution < -0.4 is 0 Å². The number of ether oxygens (including phenoxy) is 1. The summed E-state index contributed by atoms with van der Waals surface area (Å²) in [7, 11) is 1.94. The molecular formula is C15H21NO3. The summed E-state index contributed by atoms with van der Waals surface area (Å²) in [5, 5.41) is 8.94. The molecule has 0 saturated heterocycles. The molecule has 4 nitrogen and oxygen atoms in total. The first kappa shape index (κ1) is 14.0. The van der Waals surface area contributed by atoms with Crippen molar-refractivity contribution in [1.82, 2.24) is 4.90 Å². The predicted octanol–water partition coefficient (Wildman–Crippen LogP) is 1.95. The average molecular weight is 263 g/mol. The highest BCUT2D eigenvalue weighted by Gasteiger charge is 2.23. The molecule has 0 fully saturated rings. The number of hydrogen-bond donors (Lipinski definition) is 1. The Morgan fingerprint density at radius 2 is 2.26 bits per heavy atom. The minimum absolute atomic E-state index is 0.0518. The number of carboxylic acid groups (broad SMARTS) is 1. The summed E-state index contributed by atoms with van der Waals surface area (Å²) in [4.78, 5) is 12.9. The molecule has 0 spiro atoms. The second-order valence-electron chi connectivity index (χ2n) is 5.27. The Labute approximate surface area is 114 Å². The number of hydrogen-bond acceptors (Lipinski definition) is 3. The van der Waals surface area contributed by atoms with Crippen molar-refractivity contribution in [3.05, 3.63) is 35.4 Å². The highest BCUT2D eigenvalue weighted by molar-refractivity contribution is 5.69. The van der Waals surface area contributed by atoms with Gasteiger partial charge in [-0.15, -0.1) is 0 Å². The molecule has 1 aromatic carbocycles. The normalized spacial score (nSPS) is 20.1. The lowest BCUT2D eigenvalue weighted by Gasteiger charge is -2.30. The van der Waals surface area contributed by atoms with Crippen LogP contribution in [0.5, 0.6) is 0 Å². The molecule has 2 atom stereocenters. The molecule has 0 amide bonds. The molecule has 0 aromatic heterocycles. The maximum Gasteiger partial charge on any atom is 0.307 e. The molecule has 0 saturated carbocycles. The fourth-order valence-electron chi connectivity index (χ4n) is 2.53. The van der Waals surface area contributed by atoms with Crippen LogP contribution >= 0.6 is 0 Å². The molecule has 1 heterocycles.